The molecule has 1 aromatic heterocycles. The van der Waals surface area contributed by atoms with Crippen molar-refractivity contribution in [3.63, 3.8) is 0 Å². The molecule has 0 radical (unpaired) electrons. The van der Waals surface area contributed by atoms with E-state index in [1.165, 1.54) is 11.3 Å². The zero-order chi connectivity index (χ0) is 19.0. The van der Waals surface area contributed by atoms with Gasteiger partial charge in [-0.1, -0.05) is 29.5 Å². The van der Waals surface area contributed by atoms with Crippen molar-refractivity contribution in [3.8, 4) is 5.75 Å². The van der Waals surface area contributed by atoms with Crippen LogP contribution in [-0.4, -0.2) is 30.5 Å². The average Bonchev–Trinajstić information content (AvgIpc) is 3.24. The minimum atomic E-state index is -0.420. The summed E-state index contributed by atoms with van der Waals surface area (Å²) in [5.41, 5.74) is 2.70. The van der Waals surface area contributed by atoms with Crippen molar-refractivity contribution in [3.05, 3.63) is 48.0 Å². The van der Waals surface area contributed by atoms with Crippen molar-refractivity contribution in [1.82, 2.24) is 4.98 Å². The molecular formula is C20H19N3O3S. The second kappa shape index (κ2) is 7.00. The predicted octanol–water partition coefficient (Wildman–Crippen LogP) is 3.60. The number of anilines is 2. The van der Waals surface area contributed by atoms with Crippen molar-refractivity contribution < 1.29 is 14.3 Å². The van der Waals surface area contributed by atoms with Crippen LogP contribution in [0.3, 0.4) is 0 Å². The minimum Gasteiger partial charge on any atom is -0.495 e. The lowest BCUT2D eigenvalue weighted by Gasteiger charge is -2.19. The van der Waals surface area contributed by atoms with E-state index in [9.17, 15) is 9.59 Å². The van der Waals surface area contributed by atoms with E-state index in [-0.39, 0.29) is 18.2 Å². The summed E-state index contributed by atoms with van der Waals surface area (Å²) in [6, 6.07) is 13.3. The van der Waals surface area contributed by atoms with Gasteiger partial charge in [-0.25, -0.2) is 4.98 Å². The van der Waals surface area contributed by atoms with Crippen LogP contribution in [0, 0.1) is 12.8 Å². The first-order chi connectivity index (χ1) is 13.0. The van der Waals surface area contributed by atoms with Gasteiger partial charge >= 0.3 is 0 Å². The van der Waals surface area contributed by atoms with Crippen LogP contribution >= 0.6 is 11.3 Å². The number of rotatable bonds is 4. The van der Waals surface area contributed by atoms with E-state index in [0.717, 1.165) is 15.8 Å². The Labute approximate surface area is 160 Å². The Morgan fingerprint density at radius 1 is 1.30 bits per heavy atom. The zero-order valence-electron chi connectivity index (χ0n) is 15.1. The SMILES string of the molecule is COc1ccccc1N1C[C@@H](C(=O)Nc2nc3ccc(C)cc3s2)CC1=O. The first kappa shape index (κ1) is 17.5. The molecule has 27 heavy (non-hydrogen) atoms. The number of nitrogens with one attached hydrogen (secondary N) is 1. The summed E-state index contributed by atoms with van der Waals surface area (Å²) in [5.74, 6) is -0.0688. The van der Waals surface area contributed by atoms with Crippen LogP contribution in [-0.2, 0) is 9.59 Å². The Morgan fingerprint density at radius 2 is 2.11 bits per heavy atom. The molecular weight excluding hydrogens is 362 g/mol. The highest BCUT2D eigenvalue weighted by atomic mass is 32.1. The van der Waals surface area contributed by atoms with Crippen molar-refractivity contribution in [2.45, 2.75) is 13.3 Å². The molecule has 138 valence electrons. The Kier molecular flexibility index (Phi) is 4.53. The van der Waals surface area contributed by atoms with Crippen LogP contribution in [0.25, 0.3) is 10.2 Å². The molecule has 7 heteroatoms. The number of carbonyl (C=O) groups is 2. The second-order valence-electron chi connectivity index (χ2n) is 6.56. The third kappa shape index (κ3) is 3.38. The normalized spacial score (nSPS) is 16.7. The number of thiazole rings is 1. The molecule has 1 fully saturated rings. The third-order valence-electron chi connectivity index (χ3n) is 4.65. The van der Waals surface area contributed by atoms with Gasteiger partial charge in [0, 0.05) is 13.0 Å². The van der Waals surface area contributed by atoms with E-state index in [1.54, 1.807) is 18.1 Å². The molecule has 1 aliphatic heterocycles. The number of nitrogens with zero attached hydrogens (tertiary/aromatic N) is 2. The lowest BCUT2D eigenvalue weighted by atomic mass is 10.1. The fourth-order valence-corrected chi connectivity index (χ4v) is 4.23. The molecule has 3 aromatic rings. The van der Waals surface area contributed by atoms with Crippen LogP contribution in [0.5, 0.6) is 5.75 Å². The number of carbonyl (C=O) groups excluding carboxylic acids is 2. The molecule has 2 amide bonds. The lowest BCUT2D eigenvalue weighted by Crippen LogP contribution is -2.28. The average molecular weight is 381 g/mol. The molecule has 0 aliphatic carbocycles. The number of hydrogen-bond acceptors (Lipinski definition) is 5. The smallest absolute Gasteiger partial charge is 0.231 e. The third-order valence-corrected chi connectivity index (χ3v) is 5.58. The predicted molar refractivity (Wildman–Crippen MR) is 106 cm³/mol. The van der Waals surface area contributed by atoms with E-state index >= 15 is 0 Å². The number of amides is 2. The van der Waals surface area contributed by atoms with Gasteiger partial charge in [0.1, 0.15) is 5.75 Å². The van der Waals surface area contributed by atoms with Crippen LogP contribution in [0.15, 0.2) is 42.5 Å². The van der Waals surface area contributed by atoms with Gasteiger partial charge in [0.05, 0.1) is 28.9 Å². The summed E-state index contributed by atoms with van der Waals surface area (Å²) in [4.78, 5) is 31.2. The molecule has 0 bridgehead atoms. The molecule has 0 unspecified atom stereocenters. The zero-order valence-corrected chi connectivity index (χ0v) is 15.9. The number of methoxy groups -OCH3 is 1. The molecule has 1 saturated heterocycles. The lowest BCUT2D eigenvalue weighted by molar-refractivity contribution is -0.122. The molecule has 1 aliphatic rings. The summed E-state index contributed by atoms with van der Waals surface area (Å²) < 4.78 is 6.37. The van der Waals surface area contributed by atoms with Gasteiger partial charge in [-0.2, -0.15) is 0 Å². The molecule has 2 aromatic carbocycles. The second-order valence-corrected chi connectivity index (χ2v) is 7.59. The molecule has 1 atom stereocenters. The maximum Gasteiger partial charge on any atom is 0.231 e. The van der Waals surface area contributed by atoms with E-state index in [1.807, 2.05) is 43.3 Å². The van der Waals surface area contributed by atoms with E-state index < -0.39 is 5.92 Å². The fraction of sp³-hybridized carbons (Fsp3) is 0.250. The number of ether oxygens (including phenoxy) is 1. The van der Waals surface area contributed by atoms with E-state index in [2.05, 4.69) is 10.3 Å². The van der Waals surface area contributed by atoms with Gasteiger partial charge in [0.2, 0.25) is 11.8 Å². The Balaban J connectivity index is 1.50. The molecule has 0 spiro atoms. The van der Waals surface area contributed by atoms with Crippen LogP contribution in [0.4, 0.5) is 10.8 Å². The maximum absolute atomic E-state index is 12.7. The first-order valence-corrected chi connectivity index (χ1v) is 9.48. The standard InChI is InChI=1S/C20H19N3O3S/c1-12-7-8-14-17(9-12)27-20(21-14)22-19(25)13-10-18(24)23(11-13)15-5-3-4-6-16(15)26-2/h3-9,13H,10-11H2,1-2H3,(H,21,22,25)/t13-/m0/s1. The van der Waals surface area contributed by atoms with Gasteiger partial charge in [0.15, 0.2) is 5.13 Å². The maximum atomic E-state index is 12.7. The molecule has 0 saturated carbocycles. The van der Waals surface area contributed by atoms with E-state index in [4.69, 9.17) is 4.74 Å². The van der Waals surface area contributed by atoms with E-state index in [0.29, 0.717) is 23.1 Å². The minimum absolute atomic E-state index is 0.0837. The highest BCUT2D eigenvalue weighted by Crippen LogP contribution is 2.33. The fourth-order valence-electron chi connectivity index (χ4n) is 3.26. The van der Waals surface area contributed by atoms with Crippen LogP contribution < -0.4 is 15.0 Å². The Bertz CT molecular complexity index is 1030. The topological polar surface area (TPSA) is 71.5 Å². The van der Waals surface area contributed by atoms with Gasteiger partial charge < -0.3 is 15.0 Å². The quantitative estimate of drug-likeness (QED) is 0.749. The number of aryl methyl sites for hydroxylation is 1. The summed E-state index contributed by atoms with van der Waals surface area (Å²) in [5, 5.41) is 3.43. The van der Waals surface area contributed by atoms with Gasteiger partial charge in [0.25, 0.3) is 0 Å². The van der Waals surface area contributed by atoms with Crippen LogP contribution in [0.2, 0.25) is 0 Å². The highest BCUT2D eigenvalue weighted by Gasteiger charge is 2.36. The molecule has 2 heterocycles. The highest BCUT2D eigenvalue weighted by molar-refractivity contribution is 7.22. The molecule has 1 N–H and O–H groups in total. The molecule has 4 rings (SSSR count). The van der Waals surface area contributed by atoms with Crippen molar-refractivity contribution in [2.75, 3.05) is 23.9 Å². The molecule has 6 nitrogen and oxygen atoms in total. The van der Waals surface area contributed by atoms with Crippen molar-refractivity contribution >= 4 is 44.2 Å². The summed E-state index contributed by atoms with van der Waals surface area (Å²) in [6.45, 7) is 2.35. The number of fused-ring (bicyclic) bond motifs is 1. The van der Waals surface area contributed by atoms with Crippen molar-refractivity contribution in [2.24, 2.45) is 5.92 Å². The van der Waals surface area contributed by atoms with Crippen LogP contribution in [0.1, 0.15) is 12.0 Å². The largest absolute Gasteiger partial charge is 0.495 e. The van der Waals surface area contributed by atoms with Gasteiger partial charge in [-0.15, -0.1) is 0 Å². The summed E-state index contributed by atoms with van der Waals surface area (Å²) in [6.07, 6.45) is 0.174. The number of benzene rings is 2. The number of hydrogen-bond donors (Lipinski definition) is 1. The van der Waals surface area contributed by atoms with Gasteiger partial charge in [-0.3, -0.25) is 9.59 Å². The van der Waals surface area contributed by atoms with Crippen molar-refractivity contribution in [1.29, 1.82) is 0 Å². The summed E-state index contributed by atoms with van der Waals surface area (Å²) in [7, 11) is 1.57. The monoisotopic (exact) mass is 381 g/mol. The first-order valence-electron chi connectivity index (χ1n) is 8.66. The Morgan fingerprint density at radius 3 is 2.93 bits per heavy atom. The number of aromatic nitrogens is 1. The summed E-state index contributed by atoms with van der Waals surface area (Å²) >= 11 is 1.44. The number of para-hydroxylation sites is 2. The Hall–Kier alpha value is -2.93. The van der Waals surface area contributed by atoms with Gasteiger partial charge in [-0.05, 0) is 36.8 Å².